The molecule has 1 nitrogen and oxygen atoms in total. The van der Waals surface area contributed by atoms with Gasteiger partial charge in [-0.05, 0) is 44.2 Å². The number of nitrogens with one attached hydrogen (secondary N) is 1. The summed E-state index contributed by atoms with van der Waals surface area (Å²) >= 11 is 0. The minimum atomic E-state index is 0.544. The van der Waals surface area contributed by atoms with Crippen LogP contribution in [-0.4, -0.2) is 7.05 Å². The van der Waals surface area contributed by atoms with Crippen molar-refractivity contribution in [3.8, 4) is 0 Å². The number of rotatable bonds is 4. The Labute approximate surface area is 112 Å². The van der Waals surface area contributed by atoms with Crippen LogP contribution in [0.1, 0.15) is 56.2 Å². The molecule has 1 N–H and O–H groups in total. The predicted molar refractivity (Wildman–Crippen MR) is 78.7 cm³/mol. The minimum Gasteiger partial charge on any atom is -0.313 e. The molecule has 1 atom stereocenters. The highest BCUT2D eigenvalue weighted by atomic mass is 14.9. The third-order valence-corrected chi connectivity index (χ3v) is 4.65. The Kier molecular flexibility index (Phi) is 4.82. The fourth-order valence-corrected chi connectivity index (χ4v) is 3.47. The van der Waals surface area contributed by atoms with E-state index in [-0.39, 0.29) is 0 Å². The molecule has 1 aromatic carbocycles. The van der Waals surface area contributed by atoms with Gasteiger partial charge in [-0.2, -0.15) is 0 Å². The lowest BCUT2D eigenvalue weighted by Gasteiger charge is -2.34. The van der Waals surface area contributed by atoms with E-state index < -0.39 is 0 Å². The molecule has 0 spiro atoms. The molecule has 0 bridgehead atoms. The van der Waals surface area contributed by atoms with Crippen molar-refractivity contribution in [1.82, 2.24) is 5.32 Å². The molecule has 1 aromatic rings. The number of benzene rings is 1. The molecule has 0 radical (unpaired) electrons. The molecule has 0 aliphatic heterocycles. The zero-order valence-corrected chi connectivity index (χ0v) is 12.1. The smallest absolute Gasteiger partial charge is 0.0346 e. The lowest BCUT2D eigenvalue weighted by atomic mass is 9.76. The van der Waals surface area contributed by atoms with E-state index in [1.807, 2.05) is 0 Å². The van der Waals surface area contributed by atoms with E-state index in [1.54, 1.807) is 0 Å². The van der Waals surface area contributed by atoms with E-state index in [0.717, 1.165) is 11.8 Å². The monoisotopic (exact) mass is 245 g/mol. The second-order valence-corrected chi connectivity index (χ2v) is 5.87. The third kappa shape index (κ3) is 3.14. The molecule has 1 fully saturated rings. The molecular weight excluding hydrogens is 218 g/mol. The summed E-state index contributed by atoms with van der Waals surface area (Å²) in [5.74, 6) is 1.80. The summed E-state index contributed by atoms with van der Waals surface area (Å²) in [5.41, 5.74) is 2.84. The first-order valence-electron chi connectivity index (χ1n) is 7.48. The van der Waals surface area contributed by atoms with Gasteiger partial charge in [-0.25, -0.2) is 0 Å². The summed E-state index contributed by atoms with van der Waals surface area (Å²) in [5, 5.41) is 3.55. The summed E-state index contributed by atoms with van der Waals surface area (Å²) in [6, 6.07) is 9.53. The molecule has 1 aliphatic rings. The third-order valence-electron chi connectivity index (χ3n) is 4.65. The van der Waals surface area contributed by atoms with E-state index >= 15 is 0 Å². The largest absolute Gasteiger partial charge is 0.313 e. The quantitative estimate of drug-likeness (QED) is 0.825. The Bertz CT molecular complexity index is 364. The van der Waals surface area contributed by atoms with Crippen molar-refractivity contribution < 1.29 is 0 Å². The first-order valence-corrected chi connectivity index (χ1v) is 7.48. The van der Waals surface area contributed by atoms with Crippen molar-refractivity contribution in [3.05, 3.63) is 35.4 Å². The van der Waals surface area contributed by atoms with Crippen molar-refractivity contribution in [2.24, 2.45) is 11.8 Å². The molecule has 1 aliphatic carbocycles. The van der Waals surface area contributed by atoms with E-state index in [4.69, 9.17) is 0 Å². The van der Waals surface area contributed by atoms with Gasteiger partial charge in [0, 0.05) is 6.04 Å². The fourth-order valence-electron chi connectivity index (χ4n) is 3.47. The number of hydrogen-bond acceptors (Lipinski definition) is 1. The standard InChI is InChI=1S/C17H27N/c1-4-14-8-10-15(11-9-14)17(18-3)16-7-5-6-13(2)12-16/h5-7,12,14-15,17-18H,4,8-11H2,1-3H3. The van der Waals surface area contributed by atoms with Gasteiger partial charge in [0.25, 0.3) is 0 Å². The van der Waals surface area contributed by atoms with Crippen LogP contribution in [0, 0.1) is 18.8 Å². The molecule has 0 amide bonds. The normalized spacial score (nSPS) is 25.9. The minimum absolute atomic E-state index is 0.544. The average molecular weight is 245 g/mol. The van der Waals surface area contributed by atoms with Gasteiger partial charge in [0.2, 0.25) is 0 Å². The SMILES string of the molecule is CCC1CCC(C(NC)c2cccc(C)c2)CC1. The van der Waals surface area contributed by atoms with Crippen LogP contribution in [0.3, 0.4) is 0 Å². The predicted octanol–water partition coefficient (Wildman–Crippen LogP) is 4.47. The summed E-state index contributed by atoms with van der Waals surface area (Å²) in [7, 11) is 2.11. The lowest BCUT2D eigenvalue weighted by Crippen LogP contribution is -2.28. The van der Waals surface area contributed by atoms with Crippen LogP contribution >= 0.6 is 0 Å². The molecular formula is C17H27N. The van der Waals surface area contributed by atoms with Gasteiger partial charge in [-0.1, -0.05) is 56.0 Å². The second kappa shape index (κ2) is 6.38. The van der Waals surface area contributed by atoms with E-state index in [2.05, 4.69) is 50.5 Å². The summed E-state index contributed by atoms with van der Waals surface area (Å²) < 4.78 is 0. The van der Waals surface area contributed by atoms with Gasteiger partial charge in [-0.15, -0.1) is 0 Å². The van der Waals surface area contributed by atoms with Gasteiger partial charge in [0.05, 0.1) is 0 Å². The second-order valence-electron chi connectivity index (χ2n) is 5.87. The van der Waals surface area contributed by atoms with Crippen LogP contribution in [-0.2, 0) is 0 Å². The molecule has 0 heterocycles. The molecule has 0 saturated heterocycles. The number of aryl methyl sites for hydroxylation is 1. The van der Waals surface area contributed by atoms with Crippen LogP contribution in [0.2, 0.25) is 0 Å². The van der Waals surface area contributed by atoms with Gasteiger partial charge in [0.1, 0.15) is 0 Å². The lowest BCUT2D eigenvalue weighted by molar-refractivity contribution is 0.224. The van der Waals surface area contributed by atoms with Crippen molar-refractivity contribution in [1.29, 1.82) is 0 Å². The van der Waals surface area contributed by atoms with Crippen molar-refractivity contribution in [2.75, 3.05) is 7.05 Å². The summed E-state index contributed by atoms with van der Waals surface area (Å²) in [4.78, 5) is 0. The molecule has 2 rings (SSSR count). The zero-order valence-electron chi connectivity index (χ0n) is 12.1. The molecule has 18 heavy (non-hydrogen) atoms. The Morgan fingerprint density at radius 2 is 1.94 bits per heavy atom. The highest BCUT2D eigenvalue weighted by Crippen LogP contribution is 2.37. The van der Waals surface area contributed by atoms with Gasteiger partial charge in [-0.3, -0.25) is 0 Å². The van der Waals surface area contributed by atoms with Crippen LogP contribution in [0.15, 0.2) is 24.3 Å². The highest BCUT2D eigenvalue weighted by Gasteiger charge is 2.26. The first-order chi connectivity index (χ1) is 8.74. The molecule has 1 saturated carbocycles. The van der Waals surface area contributed by atoms with E-state index in [0.29, 0.717) is 6.04 Å². The highest BCUT2D eigenvalue weighted by molar-refractivity contribution is 5.25. The summed E-state index contributed by atoms with van der Waals surface area (Å²) in [6.07, 6.45) is 6.98. The van der Waals surface area contributed by atoms with E-state index in [9.17, 15) is 0 Å². The van der Waals surface area contributed by atoms with Crippen LogP contribution in [0.5, 0.6) is 0 Å². The van der Waals surface area contributed by atoms with Crippen molar-refractivity contribution in [3.63, 3.8) is 0 Å². The van der Waals surface area contributed by atoms with Crippen molar-refractivity contribution >= 4 is 0 Å². The topological polar surface area (TPSA) is 12.0 Å². The summed E-state index contributed by atoms with van der Waals surface area (Å²) in [6.45, 7) is 4.52. The van der Waals surface area contributed by atoms with Crippen LogP contribution in [0.4, 0.5) is 0 Å². The zero-order chi connectivity index (χ0) is 13.0. The van der Waals surface area contributed by atoms with Gasteiger partial charge in [0.15, 0.2) is 0 Å². The first kappa shape index (κ1) is 13.6. The fraction of sp³-hybridized carbons (Fsp3) is 0.647. The Morgan fingerprint density at radius 1 is 1.22 bits per heavy atom. The maximum atomic E-state index is 3.55. The molecule has 1 unspecified atom stereocenters. The van der Waals surface area contributed by atoms with Crippen molar-refractivity contribution in [2.45, 2.75) is 52.0 Å². The Balaban J connectivity index is 2.05. The Hall–Kier alpha value is -0.820. The average Bonchev–Trinajstić information content (AvgIpc) is 2.40. The molecule has 1 heteroatoms. The van der Waals surface area contributed by atoms with Gasteiger partial charge >= 0.3 is 0 Å². The van der Waals surface area contributed by atoms with E-state index in [1.165, 1.54) is 43.2 Å². The molecule has 0 aromatic heterocycles. The maximum absolute atomic E-state index is 3.55. The van der Waals surface area contributed by atoms with Gasteiger partial charge < -0.3 is 5.32 Å². The number of hydrogen-bond donors (Lipinski definition) is 1. The molecule has 100 valence electrons. The van der Waals surface area contributed by atoms with Crippen LogP contribution < -0.4 is 5.32 Å². The Morgan fingerprint density at radius 3 is 2.50 bits per heavy atom. The maximum Gasteiger partial charge on any atom is 0.0346 e. The van der Waals surface area contributed by atoms with Crippen LogP contribution in [0.25, 0.3) is 0 Å².